The molecule has 0 aromatic heterocycles. The number of hydrogen-bond acceptors (Lipinski definition) is 4. The Morgan fingerprint density at radius 1 is 1.06 bits per heavy atom. The van der Waals surface area contributed by atoms with Gasteiger partial charge < -0.3 is 9.64 Å². The Labute approximate surface area is 180 Å². The zero-order valence-corrected chi connectivity index (χ0v) is 17.7. The van der Waals surface area contributed by atoms with Crippen LogP contribution in [0.15, 0.2) is 71.6 Å². The number of halogens is 1. The van der Waals surface area contributed by atoms with Crippen LogP contribution in [-0.4, -0.2) is 28.0 Å². The Hall–Kier alpha value is -3.39. The summed E-state index contributed by atoms with van der Waals surface area (Å²) in [6.07, 6.45) is 1.49. The van der Waals surface area contributed by atoms with E-state index in [1.807, 2.05) is 18.2 Å². The third-order valence-corrected chi connectivity index (χ3v) is 6.53. The van der Waals surface area contributed by atoms with Crippen LogP contribution in [-0.2, 0) is 16.4 Å². The molecule has 0 saturated heterocycles. The summed E-state index contributed by atoms with van der Waals surface area (Å²) in [7, 11) is -2.68. The fourth-order valence-corrected chi connectivity index (χ4v) is 4.70. The highest BCUT2D eigenvalue weighted by atomic mass is 32.2. The van der Waals surface area contributed by atoms with Gasteiger partial charge in [-0.05, 0) is 66.9 Å². The molecule has 0 fully saturated rings. The standard InChI is InChI=1S/C23H21FN2O4S/c1-30-22-12-10-19(15-20(22)24)31(28,29)25-18-9-11-21-17(14-18)8-5-13-26(21)23(27)16-6-3-2-4-7-16/h2-4,6-7,9-12,14-15,25H,5,8,13H2,1H3. The van der Waals surface area contributed by atoms with Crippen LogP contribution < -0.4 is 14.4 Å². The molecule has 1 N–H and O–H groups in total. The summed E-state index contributed by atoms with van der Waals surface area (Å²) >= 11 is 0. The minimum Gasteiger partial charge on any atom is -0.494 e. The van der Waals surface area contributed by atoms with Crippen LogP contribution in [0.3, 0.4) is 0 Å². The maximum absolute atomic E-state index is 13.9. The summed E-state index contributed by atoms with van der Waals surface area (Å²) in [4.78, 5) is 14.4. The number of nitrogens with one attached hydrogen (secondary N) is 1. The molecule has 6 nitrogen and oxygen atoms in total. The van der Waals surface area contributed by atoms with Gasteiger partial charge in [0.05, 0.1) is 12.0 Å². The monoisotopic (exact) mass is 440 g/mol. The number of amides is 1. The Balaban J connectivity index is 1.59. The van der Waals surface area contributed by atoms with E-state index in [4.69, 9.17) is 4.74 Å². The Kier molecular flexibility index (Phi) is 5.65. The van der Waals surface area contributed by atoms with Crippen molar-refractivity contribution in [3.8, 4) is 5.75 Å². The topological polar surface area (TPSA) is 75.7 Å². The van der Waals surface area contributed by atoms with Crippen LogP contribution in [0.2, 0.25) is 0 Å². The number of rotatable bonds is 5. The van der Waals surface area contributed by atoms with Gasteiger partial charge in [0.1, 0.15) is 0 Å². The van der Waals surface area contributed by atoms with Gasteiger partial charge in [-0.1, -0.05) is 18.2 Å². The highest BCUT2D eigenvalue weighted by molar-refractivity contribution is 7.92. The molecule has 8 heteroatoms. The molecule has 1 amide bonds. The molecule has 0 saturated carbocycles. The van der Waals surface area contributed by atoms with Crippen LogP contribution in [0.4, 0.5) is 15.8 Å². The summed E-state index contributed by atoms with van der Waals surface area (Å²) in [5.74, 6) is -0.884. The highest BCUT2D eigenvalue weighted by Gasteiger charge is 2.24. The van der Waals surface area contributed by atoms with E-state index >= 15 is 0 Å². The van der Waals surface area contributed by atoms with Gasteiger partial charge in [0.25, 0.3) is 15.9 Å². The molecule has 3 aromatic carbocycles. The van der Waals surface area contributed by atoms with Crippen molar-refractivity contribution < 1.29 is 22.3 Å². The third kappa shape index (κ3) is 4.25. The lowest BCUT2D eigenvalue weighted by molar-refractivity contribution is 0.0985. The van der Waals surface area contributed by atoms with Crippen LogP contribution in [0.5, 0.6) is 5.75 Å². The average Bonchev–Trinajstić information content (AvgIpc) is 2.78. The lowest BCUT2D eigenvalue weighted by atomic mass is 10.00. The Morgan fingerprint density at radius 2 is 1.84 bits per heavy atom. The van der Waals surface area contributed by atoms with Crippen molar-refractivity contribution in [1.82, 2.24) is 0 Å². The maximum atomic E-state index is 13.9. The number of carbonyl (C=O) groups is 1. The SMILES string of the molecule is COc1ccc(S(=O)(=O)Nc2ccc3c(c2)CCCN3C(=O)c2ccccc2)cc1F. The molecule has 0 aliphatic carbocycles. The fourth-order valence-electron chi connectivity index (χ4n) is 3.64. The number of aryl methyl sites for hydroxylation is 1. The molecule has 0 unspecified atom stereocenters. The highest BCUT2D eigenvalue weighted by Crippen LogP contribution is 2.32. The second-order valence-electron chi connectivity index (χ2n) is 7.17. The lowest BCUT2D eigenvalue weighted by Crippen LogP contribution is -2.35. The van der Waals surface area contributed by atoms with Gasteiger partial charge in [-0.2, -0.15) is 0 Å². The van der Waals surface area contributed by atoms with E-state index < -0.39 is 15.8 Å². The van der Waals surface area contributed by atoms with Crippen molar-refractivity contribution in [2.75, 3.05) is 23.3 Å². The van der Waals surface area contributed by atoms with Gasteiger partial charge >= 0.3 is 0 Å². The molecule has 0 bridgehead atoms. The van der Waals surface area contributed by atoms with Gasteiger partial charge in [0, 0.05) is 23.5 Å². The zero-order chi connectivity index (χ0) is 22.0. The van der Waals surface area contributed by atoms with Crippen molar-refractivity contribution in [3.05, 3.63) is 83.7 Å². The molecule has 0 spiro atoms. The molecule has 160 valence electrons. The second kappa shape index (κ2) is 8.39. The van der Waals surface area contributed by atoms with Crippen molar-refractivity contribution in [3.63, 3.8) is 0 Å². The maximum Gasteiger partial charge on any atom is 0.262 e. The van der Waals surface area contributed by atoms with E-state index in [9.17, 15) is 17.6 Å². The molecule has 4 rings (SSSR count). The first-order chi connectivity index (χ1) is 14.9. The first-order valence-electron chi connectivity index (χ1n) is 9.75. The van der Waals surface area contributed by atoms with Gasteiger partial charge in [-0.25, -0.2) is 12.8 Å². The minimum atomic E-state index is -3.99. The third-order valence-electron chi connectivity index (χ3n) is 5.15. The molecule has 3 aromatic rings. The van der Waals surface area contributed by atoms with Crippen molar-refractivity contribution in [2.24, 2.45) is 0 Å². The van der Waals surface area contributed by atoms with Crippen LogP contribution in [0.25, 0.3) is 0 Å². The van der Waals surface area contributed by atoms with Crippen LogP contribution >= 0.6 is 0 Å². The van der Waals surface area contributed by atoms with E-state index in [0.29, 0.717) is 17.8 Å². The Morgan fingerprint density at radius 3 is 2.55 bits per heavy atom. The van der Waals surface area contributed by atoms with Crippen molar-refractivity contribution in [1.29, 1.82) is 0 Å². The number of fused-ring (bicyclic) bond motifs is 1. The van der Waals surface area contributed by atoms with Crippen molar-refractivity contribution >= 4 is 27.3 Å². The predicted octanol–water partition coefficient (Wildman–Crippen LogP) is 4.23. The lowest BCUT2D eigenvalue weighted by Gasteiger charge is -2.30. The van der Waals surface area contributed by atoms with E-state index in [-0.39, 0.29) is 16.6 Å². The largest absolute Gasteiger partial charge is 0.494 e. The predicted molar refractivity (Wildman–Crippen MR) is 117 cm³/mol. The number of carbonyl (C=O) groups excluding carboxylic acids is 1. The molecule has 1 aliphatic heterocycles. The summed E-state index contributed by atoms with van der Waals surface area (Å²) < 4.78 is 46.7. The summed E-state index contributed by atoms with van der Waals surface area (Å²) in [5, 5.41) is 0. The molecule has 0 atom stereocenters. The normalized spacial score (nSPS) is 13.4. The van der Waals surface area contributed by atoms with E-state index in [1.54, 1.807) is 35.2 Å². The number of hydrogen-bond donors (Lipinski definition) is 1. The smallest absolute Gasteiger partial charge is 0.262 e. The van der Waals surface area contributed by atoms with E-state index in [1.165, 1.54) is 19.2 Å². The van der Waals surface area contributed by atoms with Crippen LogP contribution in [0.1, 0.15) is 22.3 Å². The summed E-state index contributed by atoms with van der Waals surface area (Å²) in [5.41, 5.74) is 2.58. The molecule has 31 heavy (non-hydrogen) atoms. The zero-order valence-electron chi connectivity index (χ0n) is 16.8. The quantitative estimate of drug-likeness (QED) is 0.644. The van der Waals surface area contributed by atoms with Gasteiger partial charge in [0.15, 0.2) is 11.6 Å². The number of nitrogens with zero attached hydrogens (tertiary/aromatic N) is 1. The fraction of sp³-hybridized carbons (Fsp3) is 0.174. The molecule has 0 radical (unpaired) electrons. The first kappa shape index (κ1) is 20.9. The van der Waals surface area contributed by atoms with E-state index in [0.717, 1.165) is 30.2 Å². The molecule has 1 heterocycles. The second-order valence-corrected chi connectivity index (χ2v) is 8.85. The van der Waals surface area contributed by atoms with E-state index in [2.05, 4.69) is 4.72 Å². The van der Waals surface area contributed by atoms with Crippen molar-refractivity contribution in [2.45, 2.75) is 17.7 Å². The number of anilines is 2. The van der Waals surface area contributed by atoms with Gasteiger partial charge in [-0.15, -0.1) is 0 Å². The number of sulfonamides is 1. The first-order valence-corrected chi connectivity index (χ1v) is 11.2. The van der Waals surface area contributed by atoms with Gasteiger partial charge in [0.2, 0.25) is 0 Å². The molecule has 1 aliphatic rings. The molecular weight excluding hydrogens is 419 g/mol. The average molecular weight is 440 g/mol. The minimum absolute atomic E-state index is 0.0316. The summed E-state index contributed by atoms with van der Waals surface area (Å²) in [6.45, 7) is 0.594. The number of ether oxygens (including phenoxy) is 1. The van der Waals surface area contributed by atoms with Gasteiger partial charge in [-0.3, -0.25) is 9.52 Å². The number of methoxy groups -OCH3 is 1. The van der Waals surface area contributed by atoms with Crippen LogP contribution in [0, 0.1) is 5.82 Å². The summed E-state index contributed by atoms with van der Waals surface area (Å²) in [6, 6.07) is 17.6. The molecular formula is C23H21FN2O4S. The number of benzene rings is 3. The Bertz CT molecular complexity index is 1230.